The second-order valence-corrected chi connectivity index (χ2v) is 14.2. The van der Waals surface area contributed by atoms with Crippen LogP contribution in [0, 0.1) is 11.8 Å². The first-order valence-corrected chi connectivity index (χ1v) is 17.9. The predicted molar refractivity (Wildman–Crippen MR) is 208 cm³/mol. The highest BCUT2D eigenvalue weighted by molar-refractivity contribution is 6.11. The Morgan fingerprint density at radius 2 is 1.44 bits per heavy atom. The molecule has 4 unspecified atom stereocenters. The average Bonchev–Trinajstić information content (AvgIpc) is 3.39. The van der Waals surface area contributed by atoms with Crippen LogP contribution in [0.4, 0.5) is 5.82 Å². The van der Waals surface area contributed by atoms with E-state index in [2.05, 4.69) is 163 Å². The maximum absolute atomic E-state index is 5.82. The molecule has 7 aromatic rings. The smallest absolute Gasteiger partial charge is 0.139 e. The Labute approximate surface area is 292 Å². The van der Waals surface area contributed by atoms with E-state index in [4.69, 9.17) is 9.98 Å². The highest BCUT2D eigenvalue weighted by atomic mass is 15.3. The molecule has 0 N–H and O–H groups in total. The zero-order valence-corrected chi connectivity index (χ0v) is 28.4. The first-order chi connectivity index (χ1) is 24.6. The van der Waals surface area contributed by atoms with Crippen molar-refractivity contribution in [3.63, 3.8) is 0 Å². The molecule has 242 valence electrons. The SMILES string of the molecule is CC1C=c2c(c3ccccc3n2-c2ccccc2)=CC1C1=NC(C2CCc3cc4ccccc4cc3-c3ccccc32)N(C)c2ncccc21. The van der Waals surface area contributed by atoms with Crippen LogP contribution in [-0.2, 0) is 6.42 Å². The third-order valence-electron chi connectivity index (χ3n) is 11.4. The normalized spacial score (nSPS) is 20.8. The van der Waals surface area contributed by atoms with Crippen molar-refractivity contribution in [2.45, 2.75) is 31.8 Å². The van der Waals surface area contributed by atoms with E-state index in [0.29, 0.717) is 0 Å². The summed E-state index contributed by atoms with van der Waals surface area (Å²) >= 11 is 0. The van der Waals surface area contributed by atoms with E-state index < -0.39 is 0 Å². The Balaban J connectivity index is 1.14. The Morgan fingerprint density at radius 3 is 2.32 bits per heavy atom. The second kappa shape index (κ2) is 11.4. The van der Waals surface area contributed by atoms with Crippen LogP contribution in [0.2, 0.25) is 0 Å². The van der Waals surface area contributed by atoms with Crippen LogP contribution in [-0.4, -0.2) is 28.5 Å². The number of rotatable bonds is 3. The van der Waals surface area contributed by atoms with Gasteiger partial charge in [0, 0.05) is 46.9 Å². The van der Waals surface area contributed by atoms with Gasteiger partial charge in [0.25, 0.3) is 0 Å². The van der Waals surface area contributed by atoms with Gasteiger partial charge in [-0.3, -0.25) is 4.99 Å². The van der Waals surface area contributed by atoms with Gasteiger partial charge in [-0.15, -0.1) is 0 Å². The van der Waals surface area contributed by atoms with Gasteiger partial charge in [-0.25, -0.2) is 4.98 Å². The average molecular weight is 647 g/mol. The van der Waals surface area contributed by atoms with Crippen LogP contribution in [0.25, 0.3) is 50.6 Å². The molecule has 0 saturated heterocycles. The first-order valence-electron chi connectivity index (χ1n) is 17.9. The largest absolute Gasteiger partial charge is 0.337 e. The van der Waals surface area contributed by atoms with Gasteiger partial charge in [0.1, 0.15) is 12.0 Å². The lowest BCUT2D eigenvalue weighted by Crippen LogP contribution is -2.44. The number of aryl methyl sites for hydroxylation is 1. The minimum atomic E-state index is -0.0788. The quantitative estimate of drug-likeness (QED) is 0.193. The van der Waals surface area contributed by atoms with Crippen LogP contribution >= 0.6 is 0 Å². The molecule has 4 heteroatoms. The molecule has 50 heavy (non-hydrogen) atoms. The minimum absolute atomic E-state index is 0.0788. The number of benzene rings is 5. The maximum Gasteiger partial charge on any atom is 0.139 e. The fourth-order valence-electron chi connectivity index (χ4n) is 9.01. The van der Waals surface area contributed by atoms with Crippen molar-refractivity contribution >= 4 is 45.4 Å². The molecule has 10 rings (SSSR count). The number of fused-ring (bicyclic) bond motifs is 8. The van der Waals surface area contributed by atoms with E-state index in [1.165, 1.54) is 60.2 Å². The zero-order valence-electron chi connectivity index (χ0n) is 28.4. The molecule has 0 fully saturated rings. The van der Waals surface area contributed by atoms with E-state index in [9.17, 15) is 0 Å². The number of hydrogen-bond donors (Lipinski definition) is 0. The summed E-state index contributed by atoms with van der Waals surface area (Å²) in [7, 11) is 2.19. The summed E-state index contributed by atoms with van der Waals surface area (Å²) < 4.78 is 2.42. The van der Waals surface area contributed by atoms with E-state index >= 15 is 0 Å². The summed E-state index contributed by atoms with van der Waals surface area (Å²) in [6, 6.07) is 46.5. The third kappa shape index (κ3) is 4.44. The number of aliphatic imine (C=N–C) groups is 1. The van der Waals surface area contributed by atoms with Crippen LogP contribution in [0.3, 0.4) is 0 Å². The molecule has 0 radical (unpaired) electrons. The molecular formula is C46H38N4. The Hall–Kier alpha value is -5.74. The van der Waals surface area contributed by atoms with Gasteiger partial charge in [0.2, 0.25) is 0 Å². The van der Waals surface area contributed by atoms with Crippen molar-refractivity contribution in [1.29, 1.82) is 0 Å². The molecule has 0 amide bonds. The van der Waals surface area contributed by atoms with E-state index in [1.54, 1.807) is 0 Å². The molecular weight excluding hydrogens is 609 g/mol. The van der Waals surface area contributed by atoms with Gasteiger partial charge in [-0.1, -0.05) is 110 Å². The highest BCUT2D eigenvalue weighted by Gasteiger charge is 2.38. The second-order valence-electron chi connectivity index (χ2n) is 14.2. The molecule has 3 heterocycles. The van der Waals surface area contributed by atoms with Crippen LogP contribution in [0.1, 0.15) is 36.0 Å². The molecule has 2 aromatic heterocycles. The van der Waals surface area contributed by atoms with Gasteiger partial charge in [-0.05, 0) is 88.2 Å². The molecule has 0 spiro atoms. The number of likely N-dealkylation sites (N-methyl/N-ethyl adjacent to an activating group) is 1. The van der Waals surface area contributed by atoms with Crippen molar-refractivity contribution in [2.75, 3.05) is 11.9 Å². The van der Waals surface area contributed by atoms with Crippen molar-refractivity contribution in [1.82, 2.24) is 9.55 Å². The third-order valence-corrected chi connectivity index (χ3v) is 11.4. The lowest BCUT2D eigenvalue weighted by Gasteiger charge is -2.39. The standard InChI is InChI=1S/C46H38N4/c1-29-25-43-41(36-19-10-11-21-42(36)50(43)33-15-4-3-5-16-33)28-39(29)44-38-20-12-24-47-45(38)49(2)46(48-44)37-23-22-32-26-30-13-6-7-14-31(30)27-40(32)35-18-9-8-17-34(35)37/h3-21,24-29,37,39,46H,22-23H2,1-2H3. The zero-order chi connectivity index (χ0) is 33.3. The van der Waals surface area contributed by atoms with Crippen molar-refractivity contribution < 1.29 is 0 Å². The Bertz CT molecular complexity index is 2610. The number of para-hydroxylation sites is 2. The maximum atomic E-state index is 5.82. The summed E-state index contributed by atoms with van der Waals surface area (Å²) in [5, 5.41) is 6.43. The lowest BCUT2D eigenvalue weighted by atomic mass is 9.81. The van der Waals surface area contributed by atoms with Crippen LogP contribution in [0.15, 0.2) is 139 Å². The van der Waals surface area contributed by atoms with E-state index in [1.807, 2.05) is 6.20 Å². The summed E-state index contributed by atoms with van der Waals surface area (Å²) in [4.78, 5) is 13.2. The van der Waals surface area contributed by atoms with Gasteiger partial charge in [0.05, 0.1) is 16.6 Å². The van der Waals surface area contributed by atoms with Crippen molar-refractivity contribution in [3.05, 3.63) is 161 Å². The molecule has 1 aliphatic heterocycles. The summed E-state index contributed by atoms with van der Waals surface area (Å²) in [6.45, 7) is 2.35. The lowest BCUT2D eigenvalue weighted by molar-refractivity contribution is 0.488. The predicted octanol–water partition coefficient (Wildman–Crippen LogP) is 8.67. The number of hydrogen-bond acceptors (Lipinski definition) is 3. The summed E-state index contributed by atoms with van der Waals surface area (Å²) in [6.07, 6.45) is 8.85. The topological polar surface area (TPSA) is 33.4 Å². The summed E-state index contributed by atoms with van der Waals surface area (Å²) in [5.74, 6) is 1.57. The monoisotopic (exact) mass is 646 g/mol. The Kier molecular flexibility index (Phi) is 6.67. The van der Waals surface area contributed by atoms with Crippen LogP contribution in [0.5, 0.6) is 0 Å². The first kappa shape index (κ1) is 29.2. The number of pyridine rings is 1. The van der Waals surface area contributed by atoms with Crippen molar-refractivity contribution in [3.8, 4) is 16.8 Å². The molecule has 2 aliphatic carbocycles. The number of nitrogens with zero attached hydrogens (tertiary/aromatic N) is 4. The summed E-state index contributed by atoms with van der Waals surface area (Å²) in [5.41, 5.74) is 10.2. The highest BCUT2D eigenvalue weighted by Crippen LogP contribution is 2.45. The fourth-order valence-corrected chi connectivity index (χ4v) is 9.01. The Morgan fingerprint density at radius 1 is 0.700 bits per heavy atom. The van der Waals surface area contributed by atoms with E-state index in [0.717, 1.165) is 29.9 Å². The van der Waals surface area contributed by atoms with E-state index in [-0.39, 0.29) is 23.9 Å². The van der Waals surface area contributed by atoms with Gasteiger partial charge >= 0.3 is 0 Å². The van der Waals surface area contributed by atoms with Gasteiger partial charge in [-0.2, -0.15) is 0 Å². The number of anilines is 1. The molecule has 3 aliphatic rings. The molecule has 0 saturated carbocycles. The molecule has 4 nitrogen and oxygen atoms in total. The van der Waals surface area contributed by atoms with Crippen LogP contribution < -0.4 is 15.5 Å². The fraction of sp³-hybridized carbons (Fsp3) is 0.174. The van der Waals surface area contributed by atoms with Gasteiger partial charge in [0.15, 0.2) is 0 Å². The van der Waals surface area contributed by atoms with Gasteiger partial charge < -0.3 is 9.47 Å². The minimum Gasteiger partial charge on any atom is -0.337 e. The molecule has 5 aromatic carbocycles. The molecule has 0 bridgehead atoms. The molecule has 4 atom stereocenters. The number of aromatic nitrogens is 2. The van der Waals surface area contributed by atoms with Crippen molar-refractivity contribution in [2.24, 2.45) is 16.8 Å².